The van der Waals surface area contributed by atoms with Crippen LogP contribution in [0.2, 0.25) is 0 Å². The van der Waals surface area contributed by atoms with Crippen LogP contribution in [-0.4, -0.2) is 11.2 Å². The zero-order chi connectivity index (χ0) is 8.97. The number of hydroxylamine groups is 1. The summed E-state index contributed by atoms with van der Waals surface area (Å²) in [6.45, 7) is 0. The van der Waals surface area contributed by atoms with Crippen molar-refractivity contribution in [3.8, 4) is 0 Å². The Kier molecular flexibility index (Phi) is 2.62. The second-order valence-corrected chi connectivity index (χ2v) is 2.12. The maximum absolute atomic E-state index is 10.8. The van der Waals surface area contributed by atoms with Crippen molar-refractivity contribution >= 4 is 11.7 Å². The number of benzene rings is 1. The fourth-order valence-corrected chi connectivity index (χ4v) is 0.760. The van der Waals surface area contributed by atoms with Gasteiger partial charge in [0.15, 0.2) is 0 Å². The number of hydrogen-bond donors (Lipinski definition) is 3. The van der Waals surface area contributed by atoms with E-state index in [1.54, 1.807) is 30.3 Å². The van der Waals surface area contributed by atoms with E-state index in [0.29, 0.717) is 5.69 Å². The number of nitrogens with zero attached hydrogens (tertiary/aromatic N) is 1. The number of carbonyl (C=O) groups is 1. The van der Waals surface area contributed by atoms with E-state index in [9.17, 15) is 4.79 Å². The highest BCUT2D eigenvalue weighted by molar-refractivity contribution is 5.89. The summed E-state index contributed by atoms with van der Waals surface area (Å²) in [5.74, 6) is 5.31. The number of carbonyl (C=O) groups excluding carboxylic acids is 1. The van der Waals surface area contributed by atoms with Crippen LogP contribution in [0.4, 0.5) is 10.5 Å². The molecule has 12 heavy (non-hydrogen) atoms. The maximum atomic E-state index is 10.8. The Balaban J connectivity index is 2.78. The molecule has 0 aliphatic heterocycles. The van der Waals surface area contributed by atoms with Crippen molar-refractivity contribution < 1.29 is 10.0 Å². The first-order chi connectivity index (χ1) is 5.75. The zero-order valence-electron chi connectivity index (χ0n) is 6.27. The maximum Gasteiger partial charge on any atom is 0.359 e. The van der Waals surface area contributed by atoms with Gasteiger partial charge in [-0.05, 0) is 12.1 Å². The molecule has 1 rings (SSSR count). The van der Waals surface area contributed by atoms with Gasteiger partial charge in [0, 0.05) is 0 Å². The minimum Gasteiger partial charge on any atom is -0.287 e. The second-order valence-electron chi connectivity index (χ2n) is 2.12. The molecule has 64 valence electrons. The number of rotatable bonds is 1. The highest BCUT2D eigenvalue weighted by Crippen LogP contribution is 2.08. The van der Waals surface area contributed by atoms with Crippen LogP contribution in [0.1, 0.15) is 0 Å². The Morgan fingerprint density at radius 3 is 2.50 bits per heavy atom. The minimum atomic E-state index is -0.777. The van der Waals surface area contributed by atoms with E-state index in [0.717, 1.165) is 5.01 Å². The lowest BCUT2D eigenvalue weighted by Crippen LogP contribution is -2.43. The number of hydrazine groups is 1. The van der Waals surface area contributed by atoms with Gasteiger partial charge in [-0.1, -0.05) is 18.2 Å². The Labute approximate surface area is 69.3 Å². The predicted molar refractivity (Wildman–Crippen MR) is 43.4 cm³/mol. The van der Waals surface area contributed by atoms with Gasteiger partial charge in [-0.15, -0.1) is 0 Å². The standard InChI is InChI=1S/C7H9N3O2/c8-10(7(11)9-12)6-4-2-1-3-5-6/h1-5,12H,8H2,(H,9,11). The average Bonchev–Trinajstić information content (AvgIpc) is 2.17. The second kappa shape index (κ2) is 3.70. The Morgan fingerprint density at radius 1 is 1.42 bits per heavy atom. The molecular formula is C7H9N3O2. The molecule has 0 saturated heterocycles. The molecule has 5 nitrogen and oxygen atoms in total. The van der Waals surface area contributed by atoms with E-state index in [-0.39, 0.29) is 0 Å². The minimum absolute atomic E-state index is 0.504. The van der Waals surface area contributed by atoms with Crippen molar-refractivity contribution in [1.29, 1.82) is 0 Å². The van der Waals surface area contributed by atoms with Crippen molar-refractivity contribution in [2.45, 2.75) is 0 Å². The van der Waals surface area contributed by atoms with Crippen LogP contribution in [0.25, 0.3) is 0 Å². The van der Waals surface area contributed by atoms with Crippen LogP contribution < -0.4 is 16.3 Å². The number of urea groups is 1. The summed E-state index contributed by atoms with van der Waals surface area (Å²) in [4.78, 5) is 10.8. The van der Waals surface area contributed by atoms with Gasteiger partial charge in [-0.25, -0.2) is 21.1 Å². The molecule has 0 fully saturated rings. The van der Waals surface area contributed by atoms with E-state index >= 15 is 0 Å². The molecule has 0 spiro atoms. The lowest BCUT2D eigenvalue weighted by molar-refractivity contribution is 0.167. The van der Waals surface area contributed by atoms with Crippen LogP contribution in [-0.2, 0) is 0 Å². The van der Waals surface area contributed by atoms with E-state index in [2.05, 4.69) is 0 Å². The van der Waals surface area contributed by atoms with E-state index in [1.807, 2.05) is 0 Å². The molecule has 1 aromatic rings. The Hall–Kier alpha value is -1.59. The highest BCUT2D eigenvalue weighted by atomic mass is 16.5. The summed E-state index contributed by atoms with van der Waals surface area (Å²) in [5.41, 5.74) is 1.93. The summed E-state index contributed by atoms with van der Waals surface area (Å²) in [7, 11) is 0. The lowest BCUT2D eigenvalue weighted by Gasteiger charge is -2.14. The number of anilines is 1. The third kappa shape index (κ3) is 1.71. The van der Waals surface area contributed by atoms with Gasteiger partial charge in [0.25, 0.3) is 0 Å². The first-order valence-corrected chi connectivity index (χ1v) is 3.29. The Morgan fingerprint density at radius 2 is 2.00 bits per heavy atom. The van der Waals surface area contributed by atoms with E-state index in [1.165, 1.54) is 5.48 Å². The van der Waals surface area contributed by atoms with Gasteiger partial charge in [0.2, 0.25) is 0 Å². The molecule has 5 heteroatoms. The molecule has 0 atom stereocenters. The zero-order valence-corrected chi connectivity index (χ0v) is 6.27. The van der Waals surface area contributed by atoms with Gasteiger partial charge in [-0.2, -0.15) is 0 Å². The van der Waals surface area contributed by atoms with Crippen molar-refractivity contribution in [2.75, 3.05) is 5.01 Å². The first kappa shape index (κ1) is 8.51. The van der Waals surface area contributed by atoms with Gasteiger partial charge in [-0.3, -0.25) is 5.21 Å². The molecule has 0 aliphatic rings. The molecule has 0 aromatic heterocycles. The number of nitrogens with one attached hydrogen (secondary N) is 1. The number of para-hydroxylation sites is 1. The number of nitrogens with two attached hydrogens (primary N) is 1. The largest absolute Gasteiger partial charge is 0.359 e. The smallest absolute Gasteiger partial charge is 0.287 e. The summed E-state index contributed by atoms with van der Waals surface area (Å²) in [6, 6.07) is 7.79. The normalized spacial score (nSPS) is 9.17. The average molecular weight is 167 g/mol. The molecule has 0 unspecified atom stereocenters. The topological polar surface area (TPSA) is 78.6 Å². The van der Waals surface area contributed by atoms with Crippen molar-refractivity contribution in [3.63, 3.8) is 0 Å². The van der Waals surface area contributed by atoms with Gasteiger partial charge in [0.05, 0.1) is 5.69 Å². The first-order valence-electron chi connectivity index (χ1n) is 3.29. The molecule has 4 N–H and O–H groups in total. The Bertz CT molecular complexity index is 263. The SMILES string of the molecule is NN(C(=O)NO)c1ccccc1. The fourth-order valence-electron chi connectivity index (χ4n) is 0.760. The molecule has 0 heterocycles. The number of hydrogen-bond acceptors (Lipinski definition) is 3. The van der Waals surface area contributed by atoms with Gasteiger partial charge in [0.1, 0.15) is 0 Å². The summed E-state index contributed by atoms with van der Waals surface area (Å²) in [5, 5.41) is 9.05. The summed E-state index contributed by atoms with van der Waals surface area (Å²) >= 11 is 0. The van der Waals surface area contributed by atoms with Crippen LogP contribution in [0.15, 0.2) is 30.3 Å². The highest BCUT2D eigenvalue weighted by Gasteiger charge is 2.08. The summed E-state index contributed by atoms with van der Waals surface area (Å²) < 4.78 is 0. The number of amides is 2. The molecule has 0 radical (unpaired) electrons. The van der Waals surface area contributed by atoms with E-state index < -0.39 is 6.03 Å². The van der Waals surface area contributed by atoms with Gasteiger partial charge >= 0.3 is 6.03 Å². The third-order valence-corrected chi connectivity index (χ3v) is 1.35. The van der Waals surface area contributed by atoms with Crippen LogP contribution in [0.3, 0.4) is 0 Å². The van der Waals surface area contributed by atoms with Crippen molar-refractivity contribution in [2.24, 2.45) is 5.84 Å². The molecular weight excluding hydrogens is 158 g/mol. The lowest BCUT2D eigenvalue weighted by atomic mass is 10.3. The molecule has 0 aliphatic carbocycles. The molecule has 0 bridgehead atoms. The fraction of sp³-hybridized carbons (Fsp3) is 0. The third-order valence-electron chi connectivity index (χ3n) is 1.35. The van der Waals surface area contributed by atoms with Crippen molar-refractivity contribution in [1.82, 2.24) is 5.48 Å². The monoisotopic (exact) mass is 167 g/mol. The predicted octanol–water partition coefficient (Wildman–Crippen LogP) is 0.465. The van der Waals surface area contributed by atoms with E-state index in [4.69, 9.17) is 11.0 Å². The van der Waals surface area contributed by atoms with Crippen LogP contribution >= 0.6 is 0 Å². The van der Waals surface area contributed by atoms with Crippen LogP contribution in [0.5, 0.6) is 0 Å². The quantitative estimate of drug-likeness (QED) is 0.246. The molecule has 2 amide bonds. The van der Waals surface area contributed by atoms with Crippen molar-refractivity contribution in [3.05, 3.63) is 30.3 Å². The molecule has 1 aromatic carbocycles. The summed E-state index contributed by atoms with van der Waals surface area (Å²) in [6.07, 6.45) is 0. The molecule has 0 saturated carbocycles. The van der Waals surface area contributed by atoms with Crippen LogP contribution in [0, 0.1) is 0 Å². The van der Waals surface area contributed by atoms with Gasteiger partial charge < -0.3 is 0 Å².